The molecule has 0 amide bonds. The molecular weight excluding hydrogens is 518 g/mol. The van der Waals surface area contributed by atoms with Gasteiger partial charge in [-0.05, 0) is 24.1 Å². The maximum atomic E-state index is 12.0. The Morgan fingerprint density at radius 1 is 1.14 bits per heavy atom. The van der Waals surface area contributed by atoms with E-state index in [9.17, 15) is 9.32 Å². The number of pyridine rings is 2. The normalized spacial score (nSPS) is 24.6. The van der Waals surface area contributed by atoms with Crippen molar-refractivity contribution in [3.8, 4) is 28.5 Å². The summed E-state index contributed by atoms with van der Waals surface area (Å²) in [6, 6.07) is 13.3. The summed E-state index contributed by atoms with van der Waals surface area (Å²) in [6.45, 7) is 0.527. The number of aliphatic hydroxyl groups excluding tert-OH is 1. The molecule has 192 valence electrons. The van der Waals surface area contributed by atoms with Gasteiger partial charge in [-0.15, -0.1) is 0 Å². The number of aromatic amines is 1. The van der Waals surface area contributed by atoms with E-state index in [1.807, 2.05) is 30.3 Å². The topological polar surface area (TPSA) is 131 Å². The van der Waals surface area contributed by atoms with Crippen LogP contribution in [0.5, 0.6) is 6.01 Å². The standard InChI is InChI=1S/C25H24ClN5O5S/c1-37(2,33)31-15-7-8-27-17(9-15)13-3-5-14(6-4-13)21-16(26)10-18-24(29-21)30-25(28-18)36-20-12-35-22-19(32)11-34-23(20)22/h3-10,19-20,22-23,32H,1,11-12H2,2H3,(H,27,31,33)(H,28,29,30). The molecule has 1 aromatic carbocycles. The lowest BCUT2D eigenvalue weighted by Gasteiger charge is -2.15. The van der Waals surface area contributed by atoms with Crippen molar-refractivity contribution in [2.24, 2.45) is 0 Å². The van der Waals surface area contributed by atoms with Gasteiger partial charge in [0.2, 0.25) is 0 Å². The van der Waals surface area contributed by atoms with Crippen LogP contribution in [0, 0.1) is 0 Å². The minimum absolute atomic E-state index is 0.226. The van der Waals surface area contributed by atoms with Gasteiger partial charge in [0.25, 0.3) is 6.01 Å². The third-order valence-electron chi connectivity index (χ3n) is 6.20. The van der Waals surface area contributed by atoms with Gasteiger partial charge < -0.3 is 29.0 Å². The maximum Gasteiger partial charge on any atom is 0.296 e. The maximum absolute atomic E-state index is 12.0. The van der Waals surface area contributed by atoms with Gasteiger partial charge in [-0.3, -0.25) is 4.98 Å². The molecule has 5 atom stereocenters. The summed E-state index contributed by atoms with van der Waals surface area (Å²) in [7, 11) is -2.39. The van der Waals surface area contributed by atoms with Crippen LogP contribution in [0.25, 0.3) is 33.7 Å². The Labute approximate surface area is 218 Å². The van der Waals surface area contributed by atoms with E-state index in [1.54, 1.807) is 18.3 Å². The number of aliphatic hydroxyl groups is 1. The van der Waals surface area contributed by atoms with Crippen LogP contribution in [0.4, 0.5) is 5.69 Å². The van der Waals surface area contributed by atoms with Gasteiger partial charge in [0.05, 0.1) is 35.1 Å². The van der Waals surface area contributed by atoms with Crippen LogP contribution in [0.2, 0.25) is 5.02 Å². The number of benzene rings is 1. The molecule has 0 radical (unpaired) electrons. The molecule has 5 heterocycles. The first-order valence-electron chi connectivity index (χ1n) is 11.5. The van der Waals surface area contributed by atoms with E-state index in [4.69, 9.17) is 25.8 Å². The molecule has 0 aliphatic carbocycles. The van der Waals surface area contributed by atoms with Crippen molar-refractivity contribution in [3.05, 3.63) is 53.7 Å². The van der Waals surface area contributed by atoms with Gasteiger partial charge in [0, 0.05) is 39.0 Å². The summed E-state index contributed by atoms with van der Waals surface area (Å²) in [5.74, 6) is 3.63. The molecular formula is C25H24ClN5O5S. The Kier molecular flexibility index (Phi) is 6.04. The van der Waals surface area contributed by atoms with Crippen LogP contribution in [0.3, 0.4) is 0 Å². The SMILES string of the molecule is C=S(C)(=O)Nc1ccnc(-c2ccc(-c3nc4nc(OC5COC6C(O)COC56)[nH]c4cc3Cl)cc2)c1. The van der Waals surface area contributed by atoms with Crippen molar-refractivity contribution >= 4 is 44.0 Å². The number of fused-ring (bicyclic) bond motifs is 2. The Morgan fingerprint density at radius 3 is 2.68 bits per heavy atom. The highest BCUT2D eigenvalue weighted by Gasteiger charge is 2.48. The number of nitrogens with zero attached hydrogens (tertiary/aromatic N) is 3. The summed E-state index contributed by atoms with van der Waals surface area (Å²) in [5.41, 5.74) is 4.76. The van der Waals surface area contributed by atoms with E-state index in [2.05, 4.69) is 30.5 Å². The fraction of sp³-hybridized carbons (Fsp3) is 0.280. The smallest absolute Gasteiger partial charge is 0.296 e. The number of halogens is 1. The molecule has 0 bridgehead atoms. The molecule has 2 aliphatic heterocycles. The monoisotopic (exact) mass is 541 g/mol. The highest BCUT2D eigenvalue weighted by molar-refractivity contribution is 8.00. The number of H-pyrrole nitrogens is 1. The lowest BCUT2D eigenvalue weighted by molar-refractivity contribution is 0.00706. The summed E-state index contributed by atoms with van der Waals surface area (Å²) >= 11 is 6.57. The third kappa shape index (κ3) is 4.88. The van der Waals surface area contributed by atoms with E-state index in [-0.39, 0.29) is 30.9 Å². The van der Waals surface area contributed by atoms with Crippen LogP contribution < -0.4 is 9.46 Å². The first-order valence-corrected chi connectivity index (χ1v) is 14.1. The van der Waals surface area contributed by atoms with Crippen LogP contribution in [-0.2, 0) is 19.2 Å². The number of anilines is 1. The first-order chi connectivity index (χ1) is 17.7. The third-order valence-corrected chi connectivity index (χ3v) is 7.15. The molecule has 0 saturated carbocycles. The van der Waals surface area contributed by atoms with Crippen LogP contribution in [0.15, 0.2) is 48.7 Å². The second-order valence-corrected chi connectivity index (χ2v) is 11.8. The number of ether oxygens (including phenoxy) is 3. The predicted molar refractivity (Wildman–Crippen MR) is 142 cm³/mol. The molecule has 2 saturated heterocycles. The van der Waals surface area contributed by atoms with Gasteiger partial charge in [-0.1, -0.05) is 35.9 Å². The Bertz CT molecular complexity index is 1580. The van der Waals surface area contributed by atoms with E-state index in [0.717, 1.165) is 16.8 Å². The molecule has 6 rings (SSSR count). The molecule has 0 spiro atoms. The predicted octanol–water partition coefficient (Wildman–Crippen LogP) is 2.92. The van der Waals surface area contributed by atoms with Crippen molar-refractivity contribution in [2.75, 3.05) is 24.2 Å². The number of hydrogen-bond acceptors (Lipinski definition) is 8. The number of hydrogen-bond donors (Lipinski definition) is 3. The zero-order valence-corrected chi connectivity index (χ0v) is 21.3. The summed E-state index contributed by atoms with van der Waals surface area (Å²) in [6.07, 6.45) is 1.43. The highest BCUT2D eigenvalue weighted by atomic mass is 35.5. The number of imidazole rings is 1. The molecule has 5 unspecified atom stereocenters. The van der Waals surface area contributed by atoms with Gasteiger partial charge in [-0.2, -0.15) is 4.98 Å². The zero-order valence-electron chi connectivity index (χ0n) is 19.8. The Morgan fingerprint density at radius 2 is 1.89 bits per heavy atom. The fourth-order valence-corrected chi connectivity index (χ4v) is 5.43. The molecule has 2 aliphatic rings. The molecule has 3 aromatic heterocycles. The van der Waals surface area contributed by atoms with Gasteiger partial charge in [0.1, 0.15) is 18.3 Å². The van der Waals surface area contributed by atoms with Gasteiger partial charge >= 0.3 is 0 Å². The van der Waals surface area contributed by atoms with Crippen molar-refractivity contribution in [1.82, 2.24) is 19.9 Å². The Balaban J connectivity index is 1.23. The number of rotatable bonds is 6. The van der Waals surface area contributed by atoms with Crippen molar-refractivity contribution < 1.29 is 23.5 Å². The van der Waals surface area contributed by atoms with Crippen molar-refractivity contribution in [2.45, 2.75) is 24.4 Å². The van der Waals surface area contributed by atoms with E-state index in [0.29, 0.717) is 34.2 Å². The minimum atomic E-state index is -2.39. The van der Waals surface area contributed by atoms with Crippen LogP contribution in [-0.4, -0.2) is 79.0 Å². The van der Waals surface area contributed by atoms with E-state index < -0.39 is 15.8 Å². The van der Waals surface area contributed by atoms with Crippen molar-refractivity contribution in [1.29, 1.82) is 0 Å². The largest absolute Gasteiger partial charge is 0.456 e. The molecule has 4 aromatic rings. The second kappa shape index (κ2) is 9.26. The molecule has 12 heteroatoms. The highest BCUT2D eigenvalue weighted by Crippen LogP contribution is 2.33. The van der Waals surface area contributed by atoms with E-state index >= 15 is 0 Å². The van der Waals surface area contributed by atoms with Gasteiger partial charge in [-0.25, -0.2) is 9.19 Å². The minimum Gasteiger partial charge on any atom is -0.456 e. The lowest BCUT2D eigenvalue weighted by Crippen LogP contribution is -2.34. The summed E-state index contributed by atoms with van der Waals surface area (Å²) in [5, 5.41) is 10.4. The van der Waals surface area contributed by atoms with Crippen molar-refractivity contribution in [3.63, 3.8) is 0 Å². The van der Waals surface area contributed by atoms with E-state index in [1.165, 1.54) is 6.26 Å². The number of aromatic nitrogens is 4. The van der Waals surface area contributed by atoms with Gasteiger partial charge in [0.15, 0.2) is 11.8 Å². The summed E-state index contributed by atoms with van der Waals surface area (Å²) in [4.78, 5) is 16.6. The molecule has 37 heavy (non-hydrogen) atoms. The molecule has 10 nitrogen and oxygen atoms in total. The number of nitrogens with one attached hydrogen (secondary N) is 2. The molecule has 2 fully saturated rings. The van der Waals surface area contributed by atoms with Crippen LogP contribution >= 0.6 is 11.6 Å². The lowest BCUT2D eigenvalue weighted by atomic mass is 10.1. The average molecular weight is 542 g/mol. The average Bonchev–Trinajstić information content (AvgIpc) is 3.54. The van der Waals surface area contributed by atoms with Crippen LogP contribution in [0.1, 0.15) is 0 Å². The summed E-state index contributed by atoms with van der Waals surface area (Å²) < 4.78 is 32.1. The second-order valence-electron chi connectivity index (χ2n) is 9.17. The zero-order chi connectivity index (χ0) is 25.7. The molecule has 3 N–H and O–H groups in total. The Hall–Kier alpha value is -3.22. The quantitative estimate of drug-likeness (QED) is 0.318. The fourth-order valence-electron chi connectivity index (χ4n) is 4.54. The first kappa shape index (κ1) is 24.1.